The average molecular weight is 193 g/mol. The molecular weight excluding hydrogens is 182 g/mol. The minimum absolute atomic E-state index is 0.629. The molecule has 0 saturated heterocycles. The van der Waals surface area contributed by atoms with Gasteiger partial charge in [-0.3, -0.25) is 4.68 Å². The van der Waals surface area contributed by atoms with Crippen molar-refractivity contribution in [3.63, 3.8) is 0 Å². The topological polar surface area (TPSA) is 41.6 Å². The molecule has 0 amide bonds. The molecule has 0 saturated carbocycles. The molecule has 13 heavy (non-hydrogen) atoms. The lowest BCUT2D eigenvalue weighted by Crippen LogP contribution is -2.08. The van der Waals surface area contributed by atoms with E-state index in [0.29, 0.717) is 5.69 Å². The fourth-order valence-electron chi connectivity index (χ4n) is 1.66. The third-order valence-corrected chi connectivity index (χ3v) is 3.29. The molecule has 3 nitrogen and oxygen atoms in total. The molecule has 0 spiro atoms. The maximum atomic E-state index is 8.87. The van der Waals surface area contributed by atoms with Crippen LogP contribution in [-0.4, -0.2) is 15.5 Å². The molecule has 0 fully saturated rings. The van der Waals surface area contributed by atoms with Gasteiger partial charge in [0.05, 0.1) is 0 Å². The van der Waals surface area contributed by atoms with Crippen LogP contribution in [0.15, 0.2) is 0 Å². The van der Waals surface area contributed by atoms with E-state index in [4.69, 9.17) is 5.26 Å². The van der Waals surface area contributed by atoms with Crippen LogP contribution in [0.5, 0.6) is 0 Å². The number of aryl methyl sites for hydroxylation is 1. The van der Waals surface area contributed by atoms with Crippen LogP contribution in [0, 0.1) is 11.3 Å². The molecule has 0 bridgehead atoms. The SMILES string of the molecule is CCn1nc(C#N)c2c1CCSC2. The highest BCUT2D eigenvalue weighted by atomic mass is 32.2. The Balaban J connectivity index is 2.52. The zero-order chi connectivity index (χ0) is 9.26. The molecule has 0 aliphatic carbocycles. The maximum absolute atomic E-state index is 8.87. The molecule has 4 heteroatoms. The van der Waals surface area contributed by atoms with Crippen molar-refractivity contribution in [1.82, 2.24) is 9.78 Å². The van der Waals surface area contributed by atoms with Gasteiger partial charge in [0.2, 0.25) is 0 Å². The van der Waals surface area contributed by atoms with Gasteiger partial charge in [-0.1, -0.05) is 0 Å². The van der Waals surface area contributed by atoms with Crippen molar-refractivity contribution < 1.29 is 0 Å². The minimum Gasteiger partial charge on any atom is -0.268 e. The monoisotopic (exact) mass is 193 g/mol. The van der Waals surface area contributed by atoms with E-state index < -0.39 is 0 Å². The highest BCUT2D eigenvalue weighted by molar-refractivity contribution is 7.98. The van der Waals surface area contributed by atoms with E-state index in [0.717, 1.165) is 24.5 Å². The standard InChI is InChI=1S/C9H11N3S/c1-2-12-9-3-4-13-6-7(9)8(5-10)11-12/h2-4,6H2,1H3. The van der Waals surface area contributed by atoms with Gasteiger partial charge in [0, 0.05) is 23.6 Å². The highest BCUT2D eigenvalue weighted by Crippen LogP contribution is 2.26. The number of nitrogens with zero attached hydrogens (tertiary/aromatic N) is 3. The summed E-state index contributed by atoms with van der Waals surface area (Å²) in [6.07, 6.45) is 1.06. The molecule has 0 atom stereocenters. The minimum atomic E-state index is 0.629. The number of rotatable bonds is 1. The molecule has 0 unspecified atom stereocenters. The Labute approximate surface area is 81.7 Å². The lowest BCUT2D eigenvalue weighted by Gasteiger charge is -2.12. The van der Waals surface area contributed by atoms with Crippen molar-refractivity contribution in [2.75, 3.05) is 5.75 Å². The van der Waals surface area contributed by atoms with Crippen LogP contribution < -0.4 is 0 Å². The van der Waals surface area contributed by atoms with Crippen LogP contribution in [0.25, 0.3) is 0 Å². The van der Waals surface area contributed by atoms with Gasteiger partial charge in [-0.15, -0.1) is 0 Å². The van der Waals surface area contributed by atoms with E-state index in [1.807, 2.05) is 16.4 Å². The molecule has 2 rings (SSSR count). The fraction of sp³-hybridized carbons (Fsp3) is 0.556. The van der Waals surface area contributed by atoms with E-state index >= 15 is 0 Å². The Bertz CT molecular complexity index is 362. The lowest BCUT2D eigenvalue weighted by molar-refractivity contribution is 0.623. The summed E-state index contributed by atoms with van der Waals surface area (Å²) in [6, 6.07) is 2.16. The van der Waals surface area contributed by atoms with Gasteiger partial charge in [0.25, 0.3) is 0 Å². The zero-order valence-corrected chi connectivity index (χ0v) is 8.39. The van der Waals surface area contributed by atoms with E-state index in [1.54, 1.807) is 0 Å². The smallest absolute Gasteiger partial charge is 0.166 e. The first kappa shape index (κ1) is 8.64. The highest BCUT2D eigenvalue weighted by Gasteiger charge is 2.19. The number of hydrogen-bond donors (Lipinski definition) is 0. The molecule has 0 N–H and O–H groups in total. The normalized spacial score (nSPS) is 15.1. The Morgan fingerprint density at radius 3 is 3.23 bits per heavy atom. The van der Waals surface area contributed by atoms with Crippen molar-refractivity contribution in [1.29, 1.82) is 5.26 Å². The van der Waals surface area contributed by atoms with Gasteiger partial charge < -0.3 is 0 Å². The maximum Gasteiger partial charge on any atom is 0.166 e. The van der Waals surface area contributed by atoms with Gasteiger partial charge in [-0.2, -0.15) is 22.1 Å². The number of nitriles is 1. The van der Waals surface area contributed by atoms with Crippen molar-refractivity contribution >= 4 is 11.8 Å². The summed E-state index contributed by atoms with van der Waals surface area (Å²) in [5, 5.41) is 13.1. The number of thioether (sulfide) groups is 1. The van der Waals surface area contributed by atoms with Crippen LogP contribution in [-0.2, 0) is 18.7 Å². The van der Waals surface area contributed by atoms with E-state index in [1.165, 1.54) is 11.3 Å². The summed E-state index contributed by atoms with van der Waals surface area (Å²) in [7, 11) is 0. The third kappa shape index (κ3) is 1.33. The Morgan fingerprint density at radius 1 is 1.69 bits per heavy atom. The summed E-state index contributed by atoms with van der Waals surface area (Å²) in [4.78, 5) is 0. The Morgan fingerprint density at radius 2 is 2.54 bits per heavy atom. The molecule has 2 heterocycles. The first-order valence-corrected chi connectivity index (χ1v) is 5.58. The van der Waals surface area contributed by atoms with Crippen molar-refractivity contribution in [2.24, 2.45) is 0 Å². The van der Waals surface area contributed by atoms with Crippen LogP contribution in [0.2, 0.25) is 0 Å². The second-order valence-electron chi connectivity index (χ2n) is 3.00. The number of aromatic nitrogens is 2. The zero-order valence-electron chi connectivity index (χ0n) is 7.58. The first-order valence-electron chi connectivity index (χ1n) is 4.43. The van der Waals surface area contributed by atoms with Gasteiger partial charge in [0.15, 0.2) is 5.69 Å². The Kier molecular flexibility index (Phi) is 2.28. The van der Waals surface area contributed by atoms with Crippen LogP contribution in [0.4, 0.5) is 0 Å². The largest absolute Gasteiger partial charge is 0.268 e. The second kappa shape index (κ2) is 3.43. The lowest BCUT2D eigenvalue weighted by atomic mass is 10.1. The van der Waals surface area contributed by atoms with Crippen molar-refractivity contribution in [2.45, 2.75) is 25.6 Å². The molecule has 0 aromatic carbocycles. The van der Waals surface area contributed by atoms with E-state index in [-0.39, 0.29) is 0 Å². The van der Waals surface area contributed by atoms with Crippen LogP contribution in [0.3, 0.4) is 0 Å². The number of hydrogen-bond acceptors (Lipinski definition) is 3. The van der Waals surface area contributed by atoms with Gasteiger partial charge in [-0.05, 0) is 19.1 Å². The molecule has 1 aromatic rings. The molecule has 68 valence electrons. The predicted octanol–water partition coefficient (Wildman–Crippen LogP) is 1.56. The predicted molar refractivity (Wildman–Crippen MR) is 52.5 cm³/mol. The third-order valence-electron chi connectivity index (χ3n) is 2.30. The van der Waals surface area contributed by atoms with Gasteiger partial charge in [0.1, 0.15) is 6.07 Å². The van der Waals surface area contributed by atoms with Gasteiger partial charge in [-0.25, -0.2) is 0 Å². The van der Waals surface area contributed by atoms with Crippen LogP contribution in [0.1, 0.15) is 23.9 Å². The molecule has 0 radical (unpaired) electrons. The number of fused-ring (bicyclic) bond motifs is 1. The van der Waals surface area contributed by atoms with Crippen molar-refractivity contribution in [3.05, 3.63) is 17.0 Å². The second-order valence-corrected chi connectivity index (χ2v) is 4.11. The summed E-state index contributed by atoms with van der Waals surface area (Å²) >= 11 is 1.89. The van der Waals surface area contributed by atoms with Crippen LogP contribution >= 0.6 is 11.8 Å². The quantitative estimate of drug-likeness (QED) is 0.679. The van der Waals surface area contributed by atoms with E-state index in [9.17, 15) is 0 Å². The Hall–Kier alpha value is -0.950. The summed E-state index contributed by atoms with van der Waals surface area (Å²) in [5.41, 5.74) is 3.07. The van der Waals surface area contributed by atoms with Gasteiger partial charge >= 0.3 is 0 Å². The van der Waals surface area contributed by atoms with E-state index in [2.05, 4.69) is 18.1 Å². The summed E-state index contributed by atoms with van der Waals surface area (Å²) in [5.74, 6) is 2.11. The summed E-state index contributed by atoms with van der Waals surface area (Å²) in [6.45, 7) is 2.94. The first-order chi connectivity index (χ1) is 6.36. The molecular formula is C9H11N3S. The summed E-state index contributed by atoms with van der Waals surface area (Å²) < 4.78 is 1.97. The molecule has 1 aliphatic rings. The molecule has 1 aromatic heterocycles. The molecule has 1 aliphatic heterocycles. The van der Waals surface area contributed by atoms with Crippen molar-refractivity contribution in [3.8, 4) is 6.07 Å². The fourth-order valence-corrected chi connectivity index (χ4v) is 2.65. The average Bonchev–Trinajstić information content (AvgIpc) is 2.56.